The van der Waals surface area contributed by atoms with Crippen LogP contribution in [0.1, 0.15) is 20.0 Å². The number of carbonyl (C=O) groups excluding carboxylic acids is 3. The standard InChI is InChI=1S/C21H18N2O5S/c1-27-17-10-8-15(9-11-17)22-19(24)13-28-21(26)14-4-6-16(7-5-14)23-20(25)18-3-2-12-29-18/h2-12H,13H2,1H3,(H,22,24)(H,23,25). The third kappa shape index (κ3) is 5.66. The van der Waals surface area contributed by atoms with Gasteiger partial charge >= 0.3 is 5.97 Å². The maximum Gasteiger partial charge on any atom is 0.338 e. The number of thiophene rings is 1. The predicted molar refractivity (Wildman–Crippen MR) is 111 cm³/mol. The zero-order valence-electron chi connectivity index (χ0n) is 15.5. The molecule has 0 radical (unpaired) electrons. The smallest absolute Gasteiger partial charge is 0.338 e. The van der Waals surface area contributed by atoms with Gasteiger partial charge in [0.25, 0.3) is 11.8 Å². The van der Waals surface area contributed by atoms with Gasteiger partial charge < -0.3 is 20.1 Å². The second-order valence-electron chi connectivity index (χ2n) is 5.86. The van der Waals surface area contributed by atoms with E-state index in [4.69, 9.17) is 9.47 Å². The first kappa shape index (κ1) is 20.1. The summed E-state index contributed by atoms with van der Waals surface area (Å²) < 4.78 is 10.1. The van der Waals surface area contributed by atoms with Crippen LogP contribution in [-0.2, 0) is 9.53 Å². The first-order chi connectivity index (χ1) is 14.0. The van der Waals surface area contributed by atoms with Crippen molar-refractivity contribution in [3.05, 3.63) is 76.5 Å². The maximum absolute atomic E-state index is 12.1. The quantitative estimate of drug-likeness (QED) is 0.578. The number of anilines is 2. The minimum absolute atomic E-state index is 0.217. The van der Waals surface area contributed by atoms with Gasteiger partial charge in [-0.2, -0.15) is 0 Å². The number of esters is 1. The Morgan fingerprint density at radius 1 is 0.897 bits per heavy atom. The zero-order valence-corrected chi connectivity index (χ0v) is 16.3. The lowest BCUT2D eigenvalue weighted by Crippen LogP contribution is -2.20. The molecule has 1 heterocycles. The first-order valence-corrected chi connectivity index (χ1v) is 9.49. The van der Waals surface area contributed by atoms with Gasteiger partial charge in [-0.05, 0) is 60.0 Å². The lowest BCUT2D eigenvalue weighted by molar-refractivity contribution is -0.119. The summed E-state index contributed by atoms with van der Waals surface area (Å²) in [5.41, 5.74) is 1.39. The van der Waals surface area contributed by atoms with E-state index >= 15 is 0 Å². The molecule has 2 N–H and O–H groups in total. The van der Waals surface area contributed by atoms with Crippen LogP contribution in [0.5, 0.6) is 5.75 Å². The van der Waals surface area contributed by atoms with Crippen LogP contribution in [0.25, 0.3) is 0 Å². The van der Waals surface area contributed by atoms with Crippen LogP contribution in [0.3, 0.4) is 0 Å². The fraction of sp³-hybridized carbons (Fsp3) is 0.0952. The van der Waals surface area contributed by atoms with Gasteiger partial charge in [-0.1, -0.05) is 6.07 Å². The molecule has 0 atom stereocenters. The number of benzene rings is 2. The Balaban J connectivity index is 1.48. The van der Waals surface area contributed by atoms with E-state index in [2.05, 4.69) is 10.6 Å². The molecule has 0 aliphatic carbocycles. The Bertz CT molecular complexity index is 983. The van der Waals surface area contributed by atoms with E-state index in [9.17, 15) is 14.4 Å². The SMILES string of the molecule is COc1ccc(NC(=O)COC(=O)c2ccc(NC(=O)c3cccs3)cc2)cc1. The number of amides is 2. The highest BCUT2D eigenvalue weighted by Crippen LogP contribution is 2.16. The number of hydrogen-bond acceptors (Lipinski definition) is 6. The number of carbonyl (C=O) groups is 3. The minimum atomic E-state index is -0.633. The summed E-state index contributed by atoms with van der Waals surface area (Å²) in [5, 5.41) is 7.19. The first-order valence-electron chi connectivity index (χ1n) is 8.61. The Hall–Kier alpha value is -3.65. The molecule has 0 bridgehead atoms. The molecule has 2 aromatic carbocycles. The van der Waals surface area contributed by atoms with E-state index in [1.54, 1.807) is 55.6 Å². The molecule has 8 heteroatoms. The van der Waals surface area contributed by atoms with E-state index in [0.717, 1.165) is 0 Å². The highest BCUT2D eigenvalue weighted by atomic mass is 32.1. The molecule has 29 heavy (non-hydrogen) atoms. The van der Waals surface area contributed by atoms with Gasteiger partial charge in [0.2, 0.25) is 0 Å². The van der Waals surface area contributed by atoms with E-state index in [-0.39, 0.29) is 11.5 Å². The van der Waals surface area contributed by atoms with Gasteiger partial charge in [0.1, 0.15) is 5.75 Å². The van der Waals surface area contributed by atoms with Crippen molar-refractivity contribution in [2.24, 2.45) is 0 Å². The van der Waals surface area contributed by atoms with Gasteiger partial charge in [0, 0.05) is 11.4 Å². The van der Waals surface area contributed by atoms with Gasteiger partial charge in [0.05, 0.1) is 17.6 Å². The fourth-order valence-corrected chi connectivity index (χ4v) is 2.99. The third-order valence-corrected chi connectivity index (χ3v) is 4.70. The molecular formula is C21H18N2O5S. The van der Waals surface area contributed by atoms with Crippen molar-refractivity contribution in [1.82, 2.24) is 0 Å². The molecule has 3 rings (SSSR count). The van der Waals surface area contributed by atoms with E-state index in [1.807, 2.05) is 5.38 Å². The van der Waals surface area contributed by atoms with Crippen LogP contribution < -0.4 is 15.4 Å². The van der Waals surface area contributed by atoms with Gasteiger partial charge in [-0.25, -0.2) is 4.79 Å². The van der Waals surface area contributed by atoms with Crippen molar-refractivity contribution in [1.29, 1.82) is 0 Å². The van der Waals surface area contributed by atoms with Gasteiger partial charge in [0.15, 0.2) is 6.61 Å². The minimum Gasteiger partial charge on any atom is -0.497 e. The molecule has 3 aromatic rings. The van der Waals surface area contributed by atoms with Crippen LogP contribution in [0.15, 0.2) is 66.0 Å². The van der Waals surface area contributed by atoms with Crippen molar-refractivity contribution in [2.45, 2.75) is 0 Å². The number of methoxy groups -OCH3 is 1. The Morgan fingerprint density at radius 3 is 2.17 bits per heavy atom. The normalized spacial score (nSPS) is 10.1. The molecule has 7 nitrogen and oxygen atoms in total. The summed E-state index contributed by atoms with van der Waals surface area (Å²) in [6.07, 6.45) is 0. The summed E-state index contributed by atoms with van der Waals surface area (Å²) >= 11 is 1.34. The molecule has 2 amide bonds. The molecule has 0 unspecified atom stereocenters. The number of nitrogens with one attached hydrogen (secondary N) is 2. The summed E-state index contributed by atoms with van der Waals surface area (Å²) in [5.74, 6) is -0.635. The molecule has 148 valence electrons. The average Bonchev–Trinajstić information content (AvgIpc) is 3.28. The van der Waals surface area contributed by atoms with Gasteiger partial charge in [-0.3, -0.25) is 9.59 Å². The Kier molecular flexibility index (Phi) is 6.59. The molecule has 0 fully saturated rings. The van der Waals surface area contributed by atoms with Crippen LogP contribution in [0.4, 0.5) is 11.4 Å². The van der Waals surface area contributed by atoms with Crippen molar-refractivity contribution in [3.63, 3.8) is 0 Å². The molecule has 0 spiro atoms. The van der Waals surface area contributed by atoms with Crippen LogP contribution in [0, 0.1) is 0 Å². The Morgan fingerprint density at radius 2 is 1.55 bits per heavy atom. The molecule has 0 aliphatic rings. The van der Waals surface area contributed by atoms with Crippen molar-refractivity contribution < 1.29 is 23.9 Å². The highest BCUT2D eigenvalue weighted by Gasteiger charge is 2.12. The molecule has 0 saturated heterocycles. The number of ether oxygens (including phenoxy) is 2. The van der Waals surface area contributed by atoms with E-state index in [1.165, 1.54) is 23.5 Å². The second-order valence-corrected chi connectivity index (χ2v) is 6.81. The molecule has 1 aromatic heterocycles. The summed E-state index contributed by atoms with van der Waals surface area (Å²) in [4.78, 5) is 36.6. The largest absolute Gasteiger partial charge is 0.497 e. The molecule has 0 saturated carbocycles. The number of rotatable bonds is 7. The predicted octanol–water partition coefficient (Wildman–Crippen LogP) is 3.80. The van der Waals surface area contributed by atoms with Crippen LogP contribution >= 0.6 is 11.3 Å². The van der Waals surface area contributed by atoms with Crippen LogP contribution in [0.2, 0.25) is 0 Å². The molecule has 0 aliphatic heterocycles. The highest BCUT2D eigenvalue weighted by molar-refractivity contribution is 7.12. The third-order valence-electron chi connectivity index (χ3n) is 3.83. The molecular weight excluding hydrogens is 392 g/mol. The Labute approximate surface area is 171 Å². The van der Waals surface area contributed by atoms with Gasteiger partial charge in [-0.15, -0.1) is 11.3 Å². The monoisotopic (exact) mass is 410 g/mol. The lowest BCUT2D eigenvalue weighted by Gasteiger charge is -2.08. The summed E-state index contributed by atoms with van der Waals surface area (Å²) in [6.45, 7) is -0.415. The topological polar surface area (TPSA) is 93.7 Å². The maximum atomic E-state index is 12.1. The fourth-order valence-electron chi connectivity index (χ4n) is 2.38. The van der Waals surface area contributed by atoms with Crippen molar-refractivity contribution in [2.75, 3.05) is 24.4 Å². The number of hydrogen-bond donors (Lipinski definition) is 2. The van der Waals surface area contributed by atoms with E-state index in [0.29, 0.717) is 22.0 Å². The second kappa shape index (κ2) is 9.52. The van der Waals surface area contributed by atoms with Crippen LogP contribution in [-0.4, -0.2) is 31.5 Å². The average molecular weight is 410 g/mol. The lowest BCUT2D eigenvalue weighted by atomic mass is 10.2. The summed E-state index contributed by atoms with van der Waals surface area (Å²) in [7, 11) is 1.55. The zero-order chi connectivity index (χ0) is 20.6. The van der Waals surface area contributed by atoms with Crippen molar-refractivity contribution >= 4 is 40.5 Å². The van der Waals surface area contributed by atoms with E-state index < -0.39 is 18.5 Å². The van der Waals surface area contributed by atoms with Crippen molar-refractivity contribution in [3.8, 4) is 5.75 Å². The summed E-state index contributed by atoms with van der Waals surface area (Å²) in [6, 6.07) is 16.5.